The molecule has 1 atom stereocenters. The molecule has 0 spiro atoms. The maximum atomic E-state index is 6.58. The Hall–Kier alpha value is -0.560. The first-order chi connectivity index (χ1) is 6.27. The first-order valence-corrected chi connectivity index (χ1v) is 5.25. The molecule has 1 aromatic heterocycles. The van der Waals surface area contributed by atoms with Gasteiger partial charge in [0.15, 0.2) is 0 Å². The lowest BCUT2D eigenvalue weighted by molar-refractivity contribution is 0.500. The lowest BCUT2D eigenvalue weighted by Crippen LogP contribution is -2.21. The first kappa shape index (κ1) is 9.01. The lowest BCUT2D eigenvalue weighted by atomic mass is 9.95. The van der Waals surface area contributed by atoms with Gasteiger partial charge in [-0.3, -0.25) is 4.98 Å². The normalized spacial score (nSPS) is 21.1. The number of rotatable bonds is 3. The van der Waals surface area contributed by atoms with Crippen LogP contribution in [-0.4, -0.2) is 4.98 Å². The molecule has 2 rings (SSSR count). The van der Waals surface area contributed by atoms with Crippen LogP contribution in [0.5, 0.6) is 0 Å². The van der Waals surface area contributed by atoms with E-state index in [0.717, 1.165) is 12.1 Å². The number of alkyl halides is 1. The van der Waals surface area contributed by atoms with Crippen LogP contribution in [-0.2, 0) is 4.87 Å². The maximum Gasteiger partial charge on any atom is 0.0891 e. The van der Waals surface area contributed by atoms with Crippen LogP contribution >= 0.6 is 11.6 Å². The van der Waals surface area contributed by atoms with E-state index in [1.165, 1.54) is 12.8 Å². The highest BCUT2D eigenvalue weighted by atomic mass is 35.5. The Morgan fingerprint density at radius 3 is 2.77 bits per heavy atom. The standard InChI is InChI=1S/C11H14ClN/c1-2-11(12,9-6-7-9)10-5-3-4-8-13-10/h3-5,8-9H,2,6-7H2,1H3. The number of pyridine rings is 1. The molecule has 2 heteroatoms. The molecule has 0 amide bonds. The van der Waals surface area contributed by atoms with E-state index in [0.29, 0.717) is 5.92 Å². The average Bonchev–Trinajstić information content (AvgIpc) is 3.02. The zero-order valence-corrected chi connectivity index (χ0v) is 8.59. The van der Waals surface area contributed by atoms with Crippen molar-refractivity contribution in [1.29, 1.82) is 0 Å². The third-order valence-corrected chi connectivity index (χ3v) is 3.60. The van der Waals surface area contributed by atoms with E-state index in [1.807, 2.05) is 24.4 Å². The molecule has 0 N–H and O–H groups in total. The Morgan fingerprint density at radius 1 is 1.54 bits per heavy atom. The fraction of sp³-hybridized carbons (Fsp3) is 0.545. The predicted octanol–water partition coefficient (Wildman–Crippen LogP) is 3.34. The zero-order valence-electron chi connectivity index (χ0n) is 7.83. The van der Waals surface area contributed by atoms with Crippen molar-refractivity contribution in [2.75, 3.05) is 0 Å². The molecule has 1 aliphatic rings. The molecule has 1 unspecified atom stereocenters. The van der Waals surface area contributed by atoms with Gasteiger partial charge in [-0.25, -0.2) is 0 Å². The second-order valence-corrected chi connectivity index (χ2v) is 4.38. The highest BCUT2D eigenvalue weighted by molar-refractivity contribution is 6.24. The molecule has 0 bridgehead atoms. The summed E-state index contributed by atoms with van der Waals surface area (Å²) in [6, 6.07) is 5.98. The minimum absolute atomic E-state index is 0.193. The molecule has 0 saturated heterocycles. The summed E-state index contributed by atoms with van der Waals surface area (Å²) in [7, 11) is 0. The van der Waals surface area contributed by atoms with Gasteiger partial charge in [0, 0.05) is 6.20 Å². The SMILES string of the molecule is CCC(Cl)(c1ccccn1)C1CC1. The van der Waals surface area contributed by atoms with E-state index in [2.05, 4.69) is 11.9 Å². The minimum atomic E-state index is -0.193. The summed E-state index contributed by atoms with van der Waals surface area (Å²) >= 11 is 6.58. The van der Waals surface area contributed by atoms with Crippen LogP contribution < -0.4 is 0 Å². The monoisotopic (exact) mass is 195 g/mol. The minimum Gasteiger partial charge on any atom is -0.259 e. The molecule has 1 fully saturated rings. The quantitative estimate of drug-likeness (QED) is 0.675. The molecule has 70 valence electrons. The van der Waals surface area contributed by atoms with E-state index >= 15 is 0 Å². The molecular weight excluding hydrogens is 182 g/mol. The third-order valence-electron chi connectivity index (χ3n) is 2.83. The van der Waals surface area contributed by atoms with Gasteiger partial charge in [0.05, 0.1) is 10.6 Å². The summed E-state index contributed by atoms with van der Waals surface area (Å²) in [5, 5.41) is 0. The van der Waals surface area contributed by atoms with Crippen molar-refractivity contribution < 1.29 is 0 Å². The van der Waals surface area contributed by atoms with Crippen molar-refractivity contribution >= 4 is 11.6 Å². The fourth-order valence-corrected chi connectivity index (χ4v) is 2.16. The predicted molar refractivity (Wildman–Crippen MR) is 54.8 cm³/mol. The van der Waals surface area contributed by atoms with Gasteiger partial charge < -0.3 is 0 Å². The van der Waals surface area contributed by atoms with Crippen LogP contribution in [0.4, 0.5) is 0 Å². The second kappa shape index (κ2) is 3.30. The Labute approximate surface area is 84.1 Å². The van der Waals surface area contributed by atoms with Gasteiger partial charge in [-0.05, 0) is 37.3 Å². The molecular formula is C11H14ClN. The van der Waals surface area contributed by atoms with E-state index in [1.54, 1.807) is 0 Å². The zero-order chi connectivity index (χ0) is 9.31. The topological polar surface area (TPSA) is 12.9 Å². The number of halogens is 1. The summed E-state index contributed by atoms with van der Waals surface area (Å²) < 4.78 is 0. The van der Waals surface area contributed by atoms with E-state index in [-0.39, 0.29) is 4.87 Å². The molecule has 0 aliphatic heterocycles. The summed E-state index contributed by atoms with van der Waals surface area (Å²) in [6.07, 6.45) is 5.31. The van der Waals surface area contributed by atoms with Gasteiger partial charge in [0.2, 0.25) is 0 Å². The molecule has 1 nitrogen and oxygen atoms in total. The summed E-state index contributed by atoms with van der Waals surface area (Å²) in [5.41, 5.74) is 1.04. The highest BCUT2D eigenvalue weighted by Crippen LogP contribution is 2.51. The van der Waals surface area contributed by atoms with E-state index in [9.17, 15) is 0 Å². The van der Waals surface area contributed by atoms with Crippen molar-refractivity contribution in [3.8, 4) is 0 Å². The average molecular weight is 196 g/mol. The second-order valence-electron chi connectivity index (χ2n) is 3.71. The highest BCUT2D eigenvalue weighted by Gasteiger charge is 2.44. The van der Waals surface area contributed by atoms with Crippen LogP contribution in [0.3, 0.4) is 0 Å². The van der Waals surface area contributed by atoms with Gasteiger partial charge in [-0.2, -0.15) is 0 Å². The van der Waals surface area contributed by atoms with Crippen LogP contribution in [0.25, 0.3) is 0 Å². The smallest absolute Gasteiger partial charge is 0.0891 e. The number of nitrogens with zero attached hydrogens (tertiary/aromatic N) is 1. The molecule has 1 aliphatic carbocycles. The summed E-state index contributed by atoms with van der Waals surface area (Å²) in [6.45, 7) is 2.14. The summed E-state index contributed by atoms with van der Waals surface area (Å²) in [4.78, 5) is 4.16. The molecule has 13 heavy (non-hydrogen) atoms. The van der Waals surface area contributed by atoms with Gasteiger partial charge in [0.25, 0.3) is 0 Å². The Balaban J connectivity index is 2.30. The Kier molecular flexibility index (Phi) is 2.29. The fourth-order valence-electron chi connectivity index (χ4n) is 1.83. The van der Waals surface area contributed by atoms with E-state index in [4.69, 9.17) is 11.6 Å². The van der Waals surface area contributed by atoms with Crippen LogP contribution in [0, 0.1) is 5.92 Å². The largest absolute Gasteiger partial charge is 0.259 e. The Bertz CT molecular complexity index is 281. The van der Waals surface area contributed by atoms with Crippen LogP contribution in [0.2, 0.25) is 0 Å². The molecule has 1 aromatic rings. The Morgan fingerprint density at radius 2 is 2.31 bits per heavy atom. The van der Waals surface area contributed by atoms with Crippen molar-refractivity contribution in [2.45, 2.75) is 31.1 Å². The molecule has 1 saturated carbocycles. The van der Waals surface area contributed by atoms with Crippen molar-refractivity contribution in [3.05, 3.63) is 30.1 Å². The molecule has 0 radical (unpaired) electrons. The summed E-state index contributed by atoms with van der Waals surface area (Å²) in [5.74, 6) is 0.647. The van der Waals surface area contributed by atoms with Crippen molar-refractivity contribution in [3.63, 3.8) is 0 Å². The van der Waals surface area contributed by atoms with Crippen LogP contribution in [0.1, 0.15) is 31.9 Å². The van der Waals surface area contributed by atoms with E-state index < -0.39 is 0 Å². The van der Waals surface area contributed by atoms with Gasteiger partial charge >= 0.3 is 0 Å². The number of aromatic nitrogens is 1. The number of hydrogen-bond donors (Lipinski definition) is 0. The lowest BCUT2D eigenvalue weighted by Gasteiger charge is -2.24. The van der Waals surface area contributed by atoms with Gasteiger partial charge in [-0.15, -0.1) is 11.6 Å². The molecule has 1 heterocycles. The molecule has 0 aromatic carbocycles. The van der Waals surface area contributed by atoms with Gasteiger partial charge in [-0.1, -0.05) is 13.0 Å². The number of hydrogen-bond acceptors (Lipinski definition) is 1. The van der Waals surface area contributed by atoms with Crippen molar-refractivity contribution in [2.24, 2.45) is 5.92 Å². The van der Waals surface area contributed by atoms with Crippen molar-refractivity contribution in [1.82, 2.24) is 4.98 Å². The van der Waals surface area contributed by atoms with Gasteiger partial charge in [0.1, 0.15) is 0 Å². The van der Waals surface area contributed by atoms with Crippen LogP contribution in [0.15, 0.2) is 24.4 Å². The third kappa shape index (κ3) is 1.58. The first-order valence-electron chi connectivity index (χ1n) is 4.88. The maximum absolute atomic E-state index is 6.58.